The van der Waals surface area contributed by atoms with Crippen LogP contribution in [0.1, 0.15) is 6.42 Å². The van der Waals surface area contributed by atoms with E-state index in [1.807, 2.05) is 0 Å². The average Bonchev–Trinajstić information content (AvgIpc) is 2.12. The largest absolute Gasteiger partial charge is 0.481 e. The summed E-state index contributed by atoms with van der Waals surface area (Å²) in [6, 6.07) is -1.67. The maximum atomic E-state index is 11.2. The van der Waals surface area contributed by atoms with E-state index in [-0.39, 0.29) is 6.61 Å². The van der Waals surface area contributed by atoms with Gasteiger partial charge in [0.15, 0.2) is 0 Å². The lowest BCUT2D eigenvalue weighted by molar-refractivity contribution is -0.145. The van der Waals surface area contributed by atoms with Gasteiger partial charge in [-0.1, -0.05) is 0 Å². The van der Waals surface area contributed by atoms with Crippen molar-refractivity contribution in [3.8, 4) is 0 Å². The SMILES string of the molecule is COCCS(=O)(=O)NC(CC(=O)O)C(=O)O. The van der Waals surface area contributed by atoms with Gasteiger partial charge in [0.1, 0.15) is 6.04 Å². The maximum absolute atomic E-state index is 11.2. The summed E-state index contributed by atoms with van der Waals surface area (Å²) in [6.45, 7) is -0.102. The number of hydrogen-bond acceptors (Lipinski definition) is 5. The smallest absolute Gasteiger partial charge is 0.322 e. The third kappa shape index (κ3) is 6.32. The number of carbonyl (C=O) groups is 2. The van der Waals surface area contributed by atoms with Crippen molar-refractivity contribution >= 4 is 22.0 Å². The van der Waals surface area contributed by atoms with E-state index in [1.165, 1.54) is 7.11 Å². The first-order chi connectivity index (χ1) is 7.28. The number of carboxylic acid groups (broad SMARTS) is 2. The fraction of sp³-hybridized carbons (Fsp3) is 0.714. The quantitative estimate of drug-likeness (QED) is 0.480. The molecule has 0 saturated heterocycles. The molecule has 0 amide bonds. The Morgan fingerprint density at radius 3 is 2.31 bits per heavy atom. The summed E-state index contributed by atoms with van der Waals surface area (Å²) >= 11 is 0. The van der Waals surface area contributed by atoms with Crippen LogP contribution in [0.3, 0.4) is 0 Å². The van der Waals surface area contributed by atoms with Crippen molar-refractivity contribution in [2.75, 3.05) is 19.5 Å². The second-order valence-corrected chi connectivity index (χ2v) is 4.79. The van der Waals surface area contributed by atoms with Crippen molar-refractivity contribution in [1.82, 2.24) is 4.72 Å². The summed E-state index contributed by atoms with van der Waals surface area (Å²) in [5, 5.41) is 17.0. The fourth-order valence-corrected chi connectivity index (χ4v) is 1.94. The summed E-state index contributed by atoms with van der Waals surface area (Å²) in [5.41, 5.74) is 0. The van der Waals surface area contributed by atoms with Crippen LogP contribution in [0.4, 0.5) is 0 Å². The van der Waals surface area contributed by atoms with E-state index in [2.05, 4.69) is 4.74 Å². The van der Waals surface area contributed by atoms with Gasteiger partial charge >= 0.3 is 11.9 Å². The molecule has 0 aliphatic carbocycles. The highest BCUT2D eigenvalue weighted by molar-refractivity contribution is 7.89. The molecule has 9 heteroatoms. The van der Waals surface area contributed by atoms with Crippen LogP contribution in [0.5, 0.6) is 0 Å². The van der Waals surface area contributed by atoms with Gasteiger partial charge in [0.25, 0.3) is 0 Å². The molecule has 0 aliphatic rings. The number of methoxy groups -OCH3 is 1. The van der Waals surface area contributed by atoms with Crippen molar-refractivity contribution in [3.05, 3.63) is 0 Å². The monoisotopic (exact) mass is 255 g/mol. The summed E-state index contributed by atoms with van der Waals surface area (Å²) in [7, 11) is -2.56. The molecule has 1 unspecified atom stereocenters. The predicted octanol–water partition coefficient (Wildman–Crippen LogP) is -1.52. The molecule has 0 saturated carbocycles. The van der Waals surface area contributed by atoms with Crippen LogP contribution in [-0.2, 0) is 24.3 Å². The molecule has 94 valence electrons. The second-order valence-electron chi connectivity index (χ2n) is 2.92. The van der Waals surface area contributed by atoms with Gasteiger partial charge in [-0.05, 0) is 0 Å². The molecule has 0 heterocycles. The van der Waals surface area contributed by atoms with Gasteiger partial charge in [-0.15, -0.1) is 0 Å². The third-order valence-corrected chi connectivity index (χ3v) is 2.90. The molecule has 0 fully saturated rings. The van der Waals surface area contributed by atoms with Crippen molar-refractivity contribution in [2.45, 2.75) is 12.5 Å². The van der Waals surface area contributed by atoms with Gasteiger partial charge in [0.05, 0.1) is 18.8 Å². The Balaban J connectivity index is 4.50. The van der Waals surface area contributed by atoms with Gasteiger partial charge in [0.2, 0.25) is 10.0 Å². The molecule has 16 heavy (non-hydrogen) atoms. The van der Waals surface area contributed by atoms with Gasteiger partial charge in [-0.2, -0.15) is 0 Å². The van der Waals surface area contributed by atoms with Crippen LogP contribution < -0.4 is 4.72 Å². The number of aliphatic carboxylic acids is 2. The van der Waals surface area contributed by atoms with Crippen LogP contribution in [0.25, 0.3) is 0 Å². The summed E-state index contributed by atoms with van der Waals surface area (Å²) < 4.78 is 28.8. The van der Waals surface area contributed by atoms with Crippen LogP contribution in [0.2, 0.25) is 0 Å². The normalized spacial score (nSPS) is 13.3. The molecule has 3 N–H and O–H groups in total. The zero-order valence-corrected chi connectivity index (χ0v) is 9.36. The molecule has 0 aromatic rings. The molecule has 0 aliphatic heterocycles. The van der Waals surface area contributed by atoms with E-state index in [1.54, 1.807) is 4.72 Å². The number of rotatable bonds is 8. The van der Waals surface area contributed by atoms with Crippen LogP contribution in [0, 0.1) is 0 Å². The molecule has 0 radical (unpaired) electrons. The van der Waals surface area contributed by atoms with E-state index in [0.717, 1.165) is 0 Å². The first kappa shape index (κ1) is 14.8. The molecule has 0 rings (SSSR count). The summed E-state index contributed by atoms with van der Waals surface area (Å²) in [5.74, 6) is -3.36. The number of ether oxygens (including phenoxy) is 1. The van der Waals surface area contributed by atoms with Crippen molar-refractivity contribution < 1.29 is 33.0 Å². The van der Waals surface area contributed by atoms with Crippen LogP contribution in [-0.4, -0.2) is 56.1 Å². The Morgan fingerprint density at radius 2 is 1.94 bits per heavy atom. The Kier molecular flexibility index (Phi) is 5.93. The highest BCUT2D eigenvalue weighted by Gasteiger charge is 2.26. The van der Waals surface area contributed by atoms with E-state index in [9.17, 15) is 18.0 Å². The highest BCUT2D eigenvalue weighted by Crippen LogP contribution is 1.97. The van der Waals surface area contributed by atoms with Crippen molar-refractivity contribution in [2.24, 2.45) is 0 Å². The van der Waals surface area contributed by atoms with E-state index in [4.69, 9.17) is 10.2 Å². The summed E-state index contributed by atoms with van der Waals surface area (Å²) in [6.07, 6.45) is -0.818. The molecular formula is C7H13NO7S. The van der Waals surface area contributed by atoms with Crippen molar-refractivity contribution in [3.63, 3.8) is 0 Å². The number of sulfonamides is 1. The topological polar surface area (TPSA) is 130 Å². The standard InChI is InChI=1S/C7H13NO7S/c1-15-2-3-16(13,14)8-5(7(11)12)4-6(9)10/h5,8H,2-4H2,1H3,(H,9,10)(H,11,12). The second kappa shape index (κ2) is 6.40. The Morgan fingerprint density at radius 1 is 1.38 bits per heavy atom. The Hall–Kier alpha value is -1.19. The number of hydrogen-bond donors (Lipinski definition) is 3. The molecule has 0 spiro atoms. The molecule has 0 bridgehead atoms. The van der Waals surface area contributed by atoms with Gasteiger partial charge in [0, 0.05) is 7.11 Å². The van der Waals surface area contributed by atoms with Gasteiger partial charge in [-0.25, -0.2) is 13.1 Å². The number of nitrogens with one attached hydrogen (secondary N) is 1. The van der Waals surface area contributed by atoms with Crippen LogP contribution >= 0.6 is 0 Å². The minimum atomic E-state index is -3.85. The first-order valence-electron chi connectivity index (χ1n) is 4.22. The predicted molar refractivity (Wildman–Crippen MR) is 52.5 cm³/mol. The van der Waals surface area contributed by atoms with E-state index >= 15 is 0 Å². The van der Waals surface area contributed by atoms with Crippen molar-refractivity contribution in [1.29, 1.82) is 0 Å². The fourth-order valence-electron chi connectivity index (χ4n) is 0.823. The molecule has 0 aromatic heterocycles. The molecular weight excluding hydrogens is 242 g/mol. The summed E-state index contributed by atoms with van der Waals surface area (Å²) in [4.78, 5) is 20.9. The Labute approximate surface area is 92.3 Å². The Bertz CT molecular complexity index is 350. The lowest BCUT2D eigenvalue weighted by Crippen LogP contribution is -2.43. The maximum Gasteiger partial charge on any atom is 0.322 e. The zero-order chi connectivity index (χ0) is 12.8. The molecule has 0 aromatic carbocycles. The van der Waals surface area contributed by atoms with E-state index in [0.29, 0.717) is 0 Å². The average molecular weight is 255 g/mol. The molecule has 1 atom stereocenters. The zero-order valence-electron chi connectivity index (χ0n) is 8.54. The van der Waals surface area contributed by atoms with Gasteiger partial charge in [-0.3, -0.25) is 9.59 Å². The lowest BCUT2D eigenvalue weighted by Gasteiger charge is -2.12. The minimum Gasteiger partial charge on any atom is -0.481 e. The number of carboxylic acids is 2. The van der Waals surface area contributed by atoms with E-state index < -0.39 is 40.2 Å². The highest BCUT2D eigenvalue weighted by atomic mass is 32.2. The first-order valence-corrected chi connectivity index (χ1v) is 5.87. The lowest BCUT2D eigenvalue weighted by atomic mass is 10.2. The molecule has 8 nitrogen and oxygen atoms in total. The minimum absolute atomic E-state index is 0.102. The van der Waals surface area contributed by atoms with Gasteiger partial charge < -0.3 is 14.9 Å². The van der Waals surface area contributed by atoms with Crippen LogP contribution in [0.15, 0.2) is 0 Å². The third-order valence-electron chi connectivity index (χ3n) is 1.55.